The zero-order chi connectivity index (χ0) is 22.9. The van der Waals surface area contributed by atoms with E-state index in [1.807, 2.05) is 36.7 Å². The first-order chi connectivity index (χ1) is 16.0. The van der Waals surface area contributed by atoms with Gasteiger partial charge in [-0.25, -0.2) is 4.39 Å². The number of halogens is 1. The molecule has 4 aromatic rings. The SMILES string of the molecule is Cc1cc(C2C(c3ccccn3)NC(=S)N2Cc2cccnc2)c(C)n1-c1ccc(F)cc1. The third-order valence-corrected chi connectivity index (χ3v) is 6.50. The van der Waals surface area contributed by atoms with E-state index in [1.54, 1.807) is 18.3 Å². The minimum Gasteiger partial charge on any atom is -0.352 e. The maximum Gasteiger partial charge on any atom is 0.170 e. The summed E-state index contributed by atoms with van der Waals surface area (Å²) in [5.41, 5.74) is 6.27. The van der Waals surface area contributed by atoms with E-state index in [-0.39, 0.29) is 17.9 Å². The monoisotopic (exact) mass is 457 g/mol. The Hall–Kier alpha value is -3.58. The number of rotatable bonds is 5. The Balaban J connectivity index is 1.61. The summed E-state index contributed by atoms with van der Waals surface area (Å²) in [7, 11) is 0. The molecule has 0 saturated carbocycles. The van der Waals surface area contributed by atoms with Gasteiger partial charge in [0.2, 0.25) is 0 Å². The summed E-state index contributed by atoms with van der Waals surface area (Å²) in [6.07, 6.45) is 5.45. The molecule has 3 aromatic heterocycles. The van der Waals surface area contributed by atoms with Crippen LogP contribution >= 0.6 is 12.2 Å². The molecule has 1 N–H and O–H groups in total. The number of hydrogen-bond donors (Lipinski definition) is 1. The van der Waals surface area contributed by atoms with Crippen LogP contribution in [0.5, 0.6) is 0 Å². The van der Waals surface area contributed by atoms with Crippen LogP contribution in [0, 0.1) is 19.7 Å². The molecule has 0 spiro atoms. The number of aryl methyl sites for hydroxylation is 1. The van der Waals surface area contributed by atoms with Crippen molar-refractivity contribution in [2.24, 2.45) is 0 Å². The third-order valence-electron chi connectivity index (χ3n) is 6.15. The molecular formula is C26H24FN5S. The predicted octanol–water partition coefficient (Wildman–Crippen LogP) is 5.20. The van der Waals surface area contributed by atoms with E-state index in [9.17, 15) is 4.39 Å². The fraction of sp³-hybridized carbons (Fsp3) is 0.192. The fourth-order valence-corrected chi connectivity index (χ4v) is 4.98. The number of benzene rings is 1. The van der Waals surface area contributed by atoms with Gasteiger partial charge in [0.1, 0.15) is 5.82 Å². The lowest BCUT2D eigenvalue weighted by Crippen LogP contribution is -2.29. The zero-order valence-corrected chi connectivity index (χ0v) is 19.3. The van der Waals surface area contributed by atoms with Crippen molar-refractivity contribution in [3.05, 3.63) is 113 Å². The summed E-state index contributed by atoms with van der Waals surface area (Å²) in [5.74, 6) is -0.246. The summed E-state index contributed by atoms with van der Waals surface area (Å²) < 4.78 is 15.7. The molecule has 7 heteroatoms. The Bertz CT molecular complexity index is 1270. The van der Waals surface area contributed by atoms with E-state index in [2.05, 4.69) is 50.7 Å². The number of hydrogen-bond acceptors (Lipinski definition) is 3. The number of nitrogens with zero attached hydrogens (tertiary/aromatic N) is 4. The maximum absolute atomic E-state index is 13.5. The van der Waals surface area contributed by atoms with Gasteiger partial charge in [-0.1, -0.05) is 12.1 Å². The van der Waals surface area contributed by atoms with Crippen LogP contribution < -0.4 is 5.32 Å². The van der Waals surface area contributed by atoms with Gasteiger partial charge >= 0.3 is 0 Å². The maximum atomic E-state index is 13.5. The van der Waals surface area contributed by atoms with Crippen molar-refractivity contribution in [1.29, 1.82) is 0 Å². The van der Waals surface area contributed by atoms with Crippen LogP contribution in [0.4, 0.5) is 4.39 Å². The van der Waals surface area contributed by atoms with E-state index < -0.39 is 0 Å². The quantitative estimate of drug-likeness (QED) is 0.418. The van der Waals surface area contributed by atoms with Gasteiger partial charge in [-0.15, -0.1) is 0 Å². The molecule has 2 atom stereocenters. The Kier molecular flexibility index (Phi) is 5.64. The predicted molar refractivity (Wildman–Crippen MR) is 130 cm³/mol. The molecule has 0 aliphatic carbocycles. The van der Waals surface area contributed by atoms with Gasteiger partial charge in [0, 0.05) is 42.2 Å². The Morgan fingerprint density at radius 3 is 2.55 bits per heavy atom. The Morgan fingerprint density at radius 1 is 1.03 bits per heavy atom. The van der Waals surface area contributed by atoms with E-state index >= 15 is 0 Å². The largest absolute Gasteiger partial charge is 0.352 e. The average molecular weight is 458 g/mol. The fourth-order valence-electron chi connectivity index (χ4n) is 4.68. The number of thiocarbonyl (C=S) groups is 1. The summed E-state index contributed by atoms with van der Waals surface area (Å²) in [6, 6.07) is 18.6. The van der Waals surface area contributed by atoms with Crippen molar-refractivity contribution in [3.8, 4) is 5.69 Å². The highest BCUT2D eigenvalue weighted by molar-refractivity contribution is 7.80. The van der Waals surface area contributed by atoms with E-state index in [1.165, 1.54) is 12.1 Å². The van der Waals surface area contributed by atoms with Crippen molar-refractivity contribution < 1.29 is 4.39 Å². The molecule has 33 heavy (non-hydrogen) atoms. The van der Waals surface area contributed by atoms with Crippen LogP contribution in [0.3, 0.4) is 0 Å². The third kappa shape index (κ3) is 4.00. The molecule has 2 unspecified atom stereocenters. The van der Waals surface area contributed by atoms with Crippen LogP contribution in [0.25, 0.3) is 5.69 Å². The minimum absolute atomic E-state index is 0.0620. The molecule has 0 amide bonds. The van der Waals surface area contributed by atoms with Crippen LogP contribution in [-0.4, -0.2) is 24.5 Å². The van der Waals surface area contributed by atoms with Crippen LogP contribution in [0.15, 0.2) is 79.3 Å². The van der Waals surface area contributed by atoms with E-state index in [0.29, 0.717) is 11.7 Å². The molecule has 5 nitrogen and oxygen atoms in total. The molecule has 4 heterocycles. The first-order valence-corrected chi connectivity index (χ1v) is 11.3. The molecule has 1 aliphatic heterocycles. The summed E-state index contributed by atoms with van der Waals surface area (Å²) in [5, 5.41) is 4.19. The Morgan fingerprint density at radius 2 is 1.85 bits per heavy atom. The molecule has 1 aromatic carbocycles. The van der Waals surface area contributed by atoms with Gasteiger partial charge in [0.25, 0.3) is 0 Å². The lowest BCUT2D eigenvalue weighted by molar-refractivity contribution is 0.310. The number of aromatic nitrogens is 3. The van der Waals surface area contributed by atoms with Crippen LogP contribution in [0.1, 0.15) is 40.3 Å². The molecular weight excluding hydrogens is 433 g/mol. The number of nitrogens with one attached hydrogen (secondary N) is 1. The molecule has 1 aliphatic rings. The van der Waals surface area contributed by atoms with Gasteiger partial charge in [0.05, 0.1) is 17.8 Å². The summed E-state index contributed by atoms with van der Waals surface area (Å²) in [6.45, 7) is 4.81. The van der Waals surface area contributed by atoms with Gasteiger partial charge in [-0.05, 0) is 85.7 Å². The minimum atomic E-state index is -0.246. The average Bonchev–Trinajstić information content (AvgIpc) is 3.31. The normalized spacial score (nSPS) is 17.9. The van der Waals surface area contributed by atoms with Crippen molar-refractivity contribution in [3.63, 3.8) is 0 Å². The smallest absolute Gasteiger partial charge is 0.170 e. The standard InChI is InChI=1S/C26H24FN5S/c1-17-14-22(18(2)32(17)21-10-8-20(27)9-11-21)25-24(23-7-3-4-13-29-23)30-26(33)31(25)16-19-6-5-12-28-15-19/h3-15,24-25H,16H2,1-2H3,(H,30,33). The molecule has 1 fully saturated rings. The van der Waals surface area contributed by atoms with E-state index in [0.717, 1.165) is 33.9 Å². The summed E-state index contributed by atoms with van der Waals surface area (Å²) >= 11 is 5.80. The second-order valence-electron chi connectivity index (χ2n) is 8.25. The number of pyridine rings is 2. The lowest BCUT2D eigenvalue weighted by atomic mass is 9.96. The van der Waals surface area contributed by atoms with Gasteiger partial charge in [0.15, 0.2) is 5.11 Å². The van der Waals surface area contributed by atoms with Crippen molar-refractivity contribution in [2.45, 2.75) is 32.5 Å². The highest BCUT2D eigenvalue weighted by atomic mass is 32.1. The molecule has 0 radical (unpaired) electrons. The van der Waals surface area contributed by atoms with Gasteiger partial charge in [-0.3, -0.25) is 9.97 Å². The summed E-state index contributed by atoms with van der Waals surface area (Å²) in [4.78, 5) is 11.1. The van der Waals surface area contributed by atoms with Crippen LogP contribution in [-0.2, 0) is 6.54 Å². The van der Waals surface area contributed by atoms with Crippen LogP contribution in [0.2, 0.25) is 0 Å². The van der Waals surface area contributed by atoms with Crippen molar-refractivity contribution in [1.82, 2.24) is 24.8 Å². The highest BCUT2D eigenvalue weighted by Crippen LogP contribution is 2.42. The van der Waals surface area contributed by atoms with Gasteiger partial charge < -0.3 is 14.8 Å². The highest BCUT2D eigenvalue weighted by Gasteiger charge is 2.41. The van der Waals surface area contributed by atoms with Gasteiger partial charge in [-0.2, -0.15) is 0 Å². The lowest BCUT2D eigenvalue weighted by Gasteiger charge is -2.28. The molecule has 166 valence electrons. The molecule has 5 rings (SSSR count). The van der Waals surface area contributed by atoms with Crippen molar-refractivity contribution in [2.75, 3.05) is 0 Å². The first-order valence-electron chi connectivity index (χ1n) is 10.8. The first kappa shape index (κ1) is 21.3. The van der Waals surface area contributed by atoms with Crippen molar-refractivity contribution >= 4 is 17.3 Å². The molecule has 1 saturated heterocycles. The zero-order valence-electron chi connectivity index (χ0n) is 18.4. The topological polar surface area (TPSA) is 46.0 Å². The molecule has 0 bridgehead atoms. The second-order valence-corrected chi connectivity index (χ2v) is 8.64. The Labute approximate surface area is 197 Å². The second kappa shape index (κ2) is 8.75. The van der Waals surface area contributed by atoms with E-state index in [4.69, 9.17) is 12.2 Å².